The lowest BCUT2D eigenvalue weighted by Gasteiger charge is -2.12. The molecule has 22 heavy (non-hydrogen) atoms. The van der Waals surface area contributed by atoms with Crippen molar-refractivity contribution in [2.45, 2.75) is 58.8 Å². The largest absolute Gasteiger partial charge is 0.356 e. The van der Waals surface area contributed by atoms with E-state index in [2.05, 4.69) is 11.4 Å². The zero-order chi connectivity index (χ0) is 15.9. The van der Waals surface area contributed by atoms with Gasteiger partial charge in [-0.25, -0.2) is 0 Å². The van der Waals surface area contributed by atoms with Crippen molar-refractivity contribution in [2.75, 3.05) is 6.54 Å². The van der Waals surface area contributed by atoms with Gasteiger partial charge in [0.2, 0.25) is 5.91 Å². The number of hydrogen-bond acceptors (Lipinski definition) is 3. The molecule has 0 saturated heterocycles. The van der Waals surface area contributed by atoms with Crippen LogP contribution in [0.25, 0.3) is 0 Å². The standard InChI is InChI=1S/C18H25NO2S/c1-13-12-16(14(2)22-13)17(20)8-9-18(21)19-11-10-15-6-4-3-5-7-15/h6,12H,3-5,7-11H2,1-2H3,(H,19,21). The zero-order valence-electron chi connectivity index (χ0n) is 13.5. The summed E-state index contributed by atoms with van der Waals surface area (Å²) in [5.41, 5.74) is 2.25. The monoisotopic (exact) mass is 319 g/mol. The van der Waals surface area contributed by atoms with Gasteiger partial charge in [0.15, 0.2) is 5.78 Å². The third-order valence-electron chi connectivity index (χ3n) is 4.07. The molecule has 1 amide bonds. The fraction of sp³-hybridized carbons (Fsp3) is 0.556. The Kier molecular flexibility index (Phi) is 6.37. The summed E-state index contributed by atoms with van der Waals surface area (Å²) in [6.07, 6.45) is 8.75. The highest BCUT2D eigenvalue weighted by atomic mass is 32.1. The fourth-order valence-corrected chi connectivity index (χ4v) is 3.79. The first-order valence-corrected chi connectivity index (χ1v) is 8.93. The number of hydrogen-bond donors (Lipinski definition) is 1. The second-order valence-corrected chi connectivity index (χ2v) is 7.42. The van der Waals surface area contributed by atoms with Gasteiger partial charge in [0.05, 0.1) is 0 Å². The molecule has 0 radical (unpaired) electrons. The molecule has 3 nitrogen and oxygen atoms in total. The Morgan fingerprint density at radius 2 is 2.05 bits per heavy atom. The Morgan fingerprint density at radius 1 is 1.23 bits per heavy atom. The van der Waals surface area contributed by atoms with Crippen LogP contribution in [-0.4, -0.2) is 18.2 Å². The van der Waals surface area contributed by atoms with E-state index in [1.165, 1.54) is 31.3 Å². The van der Waals surface area contributed by atoms with Crippen LogP contribution in [0.2, 0.25) is 0 Å². The lowest BCUT2D eigenvalue weighted by Crippen LogP contribution is -2.25. The highest BCUT2D eigenvalue weighted by molar-refractivity contribution is 7.12. The summed E-state index contributed by atoms with van der Waals surface area (Å²) in [5, 5.41) is 2.93. The summed E-state index contributed by atoms with van der Waals surface area (Å²) in [6, 6.07) is 1.93. The molecule has 0 bridgehead atoms. The lowest BCUT2D eigenvalue weighted by atomic mass is 9.97. The van der Waals surface area contributed by atoms with Gasteiger partial charge < -0.3 is 5.32 Å². The Balaban J connectivity index is 1.68. The molecule has 0 fully saturated rings. The molecule has 1 N–H and O–H groups in total. The summed E-state index contributed by atoms with van der Waals surface area (Å²) >= 11 is 1.63. The Bertz CT molecular complexity index is 572. The van der Waals surface area contributed by atoms with E-state index in [4.69, 9.17) is 0 Å². The maximum Gasteiger partial charge on any atom is 0.220 e. The van der Waals surface area contributed by atoms with Crippen LogP contribution in [0.3, 0.4) is 0 Å². The predicted molar refractivity (Wildman–Crippen MR) is 91.5 cm³/mol. The molecular formula is C18H25NO2S. The molecular weight excluding hydrogens is 294 g/mol. The number of thiophene rings is 1. The molecule has 1 aromatic heterocycles. The van der Waals surface area contributed by atoms with Gasteiger partial charge in [0.25, 0.3) is 0 Å². The van der Waals surface area contributed by atoms with E-state index in [9.17, 15) is 9.59 Å². The minimum absolute atomic E-state index is 0.0191. The third-order valence-corrected chi connectivity index (χ3v) is 5.04. The van der Waals surface area contributed by atoms with E-state index in [1.54, 1.807) is 11.3 Å². The van der Waals surface area contributed by atoms with Crippen molar-refractivity contribution in [1.29, 1.82) is 0 Å². The van der Waals surface area contributed by atoms with Crippen molar-refractivity contribution in [3.63, 3.8) is 0 Å². The second-order valence-electron chi connectivity index (χ2n) is 5.96. The summed E-state index contributed by atoms with van der Waals surface area (Å²) < 4.78 is 0. The van der Waals surface area contributed by atoms with Crippen molar-refractivity contribution in [2.24, 2.45) is 0 Å². The number of Topliss-reactive ketones (excluding diaryl/α,β-unsaturated/α-hetero) is 1. The summed E-state index contributed by atoms with van der Waals surface area (Å²) in [4.78, 5) is 26.1. The van der Waals surface area contributed by atoms with Crippen LogP contribution in [0.15, 0.2) is 17.7 Å². The smallest absolute Gasteiger partial charge is 0.220 e. The molecule has 4 heteroatoms. The van der Waals surface area contributed by atoms with Gasteiger partial charge >= 0.3 is 0 Å². The lowest BCUT2D eigenvalue weighted by molar-refractivity contribution is -0.121. The molecule has 0 saturated carbocycles. The van der Waals surface area contributed by atoms with Crippen LogP contribution in [-0.2, 0) is 4.79 Å². The Labute approximate surface area is 136 Å². The number of carbonyl (C=O) groups is 2. The minimum Gasteiger partial charge on any atom is -0.356 e. The van der Waals surface area contributed by atoms with Gasteiger partial charge in [-0.1, -0.05) is 11.6 Å². The fourth-order valence-electron chi connectivity index (χ4n) is 2.85. The third kappa shape index (κ3) is 5.09. The van der Waals surface area contributed by atoms with Crippen molar-refractivity contribution in [1.82, 2.24) is 5.32 Å². The summed E-state index contributed by atoms with van der Waals surface area (Å²) in [6.45, 7) is 4.65. The summed E-state index contributed by atoms with van der Waals surface area (Å²) in [5.74, 6) is 0.0568. The summed E-state index contributed by atoms with van der Waals surface area (Å²) in [7, 11) is 0. The maximum atomic E-state index is 12.1. The average Bonchev–Trinajstić information content (AvgIpc) is 2.84. The van der Waals surface area contributed by atoms with Crippen LogP contribution in [0.4, 0.5) is 0 Å². The molecule has 0 spiro atoms. The van der Waals surface area contributed by atoms with Crippen LogP contribution in [0.1, 0.15) is 65.1 Å². The average molecular weight is 319 g/mol. The minimum atomic E-state index is -0.0191. The number of amides is 1. The Morgan fingerprint density at radius 3 is 2.68 bits per heavy atom. The van der Waals surface area contributed by atoms with Crippen LogP contribution < -0.4 is 5.32 Å². The van der Waals surface area contributed by atoms with E-state index in [-0.39, 0.29) is 18.1 Å². The SMILES string of the molecule is Cc1cc(C(=O)CCC(=O)NCCC2=CCCCC2)c(C)s1. The number of carbonyl (C=O) groups excluding carboxylic acids is 2. The topological polar surface area (TPSA) is 46.2 Å². The van der Waals surface area contributed by atoms with Gasteiger partial charge in [-0.3, -0.25) is 9.59 Å². The van der Waals surface area contributed by atoms with Crippen LogP contribution in [0.5, 0.6) is 0 Å². The molecule has 0 aliphatic heterocycles. The molecule has 120 valence electrons. The van der Waals surface area contributed by atoms with Crippen molar-refractivity contribution in [3.05, 3.63) is 33.0 Å². The van der Waals surface area contributed by atoms with Gasteiger partial charge in [0.1, 0.15) is 0 Å². The highest BCUT2D eigenvalue weighted by Gasteiger charge is 2.13. The molecule has 1 heterocycles. The van der Waals surface area contributed by atoms with Gasteiger partial charge in [-0.15, -0.1) is 11.3 Å². The van der Waals surface area contributed by atoms with Crippen LogP contribution in [0, 0.1) is 13.8 Å². The number of rotatable bonds is 7. The second kappa shape index (κ2) is 8.28. The first kappa shape index (κ1) is 16.9. The zero-order valence-corrected chi connectivity index (χ0v) is 14.4. The molecule has 2 rings (SSSR count). The van der Waals surface area contributed by atoms with Crippen molar-refractivity contribution in [3.8, 4) is 0 Å². The quantitative estimate of drug-likeness (QED) is 0.600. The molecule has 0 unspecified atom stereocenters. The Hall–Kier alpha value is -1.42. The van der Waals surface area contributed by atoms with Gasteiger partial charge in [0, 0.05) is 34.7 Å². The normalized spacial score (nSPS) is 14.5. The van der Waals surface area contributed by atoms with Crippen molar-refractivity contribution >= 4 is 23.0 Å². The molecule has 0 atom stereocenters. The van der Waals surface area contributed by atoms with Crippen LogP contribution >= 0.6 is 11.3 Å². The number of allylic oxidation sites excluding steroid dienone is 1. The van der Waals surface area contributed by atoms with E-state index < -0.39 is 0 Å². The number of nitrogens with one attached hydrogen (secondary N) is 1. The molecule has 1 aliphatic carbocycles. The maximum absolute atomic E-state index is 12.1. The first-order chi connectivity index (χ1) is 10.6. The van der Waals surface area contributed by atoms with E-state index in [1.807, 2.05) is 19.9 Å². The van der Waals surface area contributed by atoms with E-state index >= 15 is 0 Å². The van der Waals surface area contributed by atoms with E-state index in [0.29, 0.717) is 13.0 Å². The molecule has 1 aromatic rings. The van der Waals surface area contributed by atoms with Crippen molar-refractivity contribution < 1.29 is 9.59 Å². The molecule has 0 aromatic carbocycles. The first-order valence-electron chi connectivity index (χ1n) is 8.11. The van der Waals surface area contributed by atoms with Gasteiger partial charge in [-0.2, -0.15) is 0 Å². The number of ketones is 1. The van der Waals surface area contributed by atoms with E-state index in [0.717, 1.165) is 21.7 Å². The predicted octanol–water partition coefficient (Wildman–Crippen LogP) is 4.33. The highest BCUT2D eigenvalue weighted by Crippen LogP contribution is 2.22. The number of aryl methyl sites for hydroxylation is 2. The van der Waals surface area contributed by atoms with Gasteiger partial charge in [-0.05, 0) is 52.0 Å². The molecule has 1 aliphatic rings.